The Morgan fingerprint density at radius 3 is 1.69 bits per heavy atom. The van der Waals surface area contributed by atoms with Gasteiger partial charge in [0.1, 0.15) is 41.7 Å². The Labute approximate surface area is 417 Å². The molecule has 5 aromatic rings. The third kappa shape index (κ3) is 14.2. The number of piperidine rings is 3. The summed E-state index contributed by atoms with van der Waals surface area (Å²) >= 11 is 0. The van der Waals surface area contributed by atoms with Crippen molar-refractivity contribution < 1.29 is 54.1 Å². The van der Waals surface area contributed by atoms with E-state index in [1.165, 1.54) is 12.1 Å². The lowest BCUT2D eigenvalue weighted by Gasteiger charge is -2.39. The lowest BCUT2D eigenvalue weighted by Crippen LogP contribution is -2.43. The zero-order chi connectivity index (χ0) is 50.5. The van der Waals surface area contributed by atoms with Gasteiger partial charge >= 0.3 is 11.9 Å². The summed E-state index contributed by atoms with van der Waals surface area (Å²) in [7, 11) is 0. The molecule has 0 atom stereocenters. The molecule has 4 aliphatic rings. The van der Waals surface area contributed by atoms with E-state index >= 15 is 0 Å². The number of hydrogen-bond acceptors (Lipinski definition) is 14. The van der Waals surface area contributed by atoms with Gasteiger partial charge in [-0.1, -0.05) is 78.9 Å². The number of nitrogens with zero attached hydrogens (tertiary/aromatic N) is 1. The van der Waals surface area contributed by atoms with Crippen LogP contribution in [0, 0.1) is 0 Å². The molecule has 4 aliphatic heterocycles. The van der Waals surface area contributed by atoms with Crippen molar-refractivity contribution >= 4 is 11.9 Å². The van der Waals surface area contributed by atoms with Gasteiger partial charge in [-0.05, 0) is 142 Å². The number of aliphatic hydroxyl groups is 4. The minimum absolute atomic E-state index is 0.0752. The lowest BCUT2D eigenvalue weighted by molar-refractivity contribution is -0.155. The first kappa shape index (κ1) is 53.0. The second kappa shape index (κ2) is 24.1. The smallest absolute Gasteiger partial charge is 0.339 e. The summed E-state index contributed by atoms with van der Waals surface area (Å²) in [4.78, 5) is 26.2. The molecule has 1 spiro atoms. The summed E-state index contributed by atoms with van der Waals surface area (Å²) in [5.41, 5.74) is 3.83. The molecule has 14 nitrogen and oxygen atoms in total. The molecule has 14 heteroatoms. The van der Waals surface area contributed by atoms with Crippen LogP contribution in [0.15, 0.2) is 115 Å². The quantitative estimate of drug-likeness (QED) is 0.0583. The van der Waals surface area contributed by atoms with Gasteiger partial charge in [-0.2, -0.15) is 0 Å². The average Bonchev–Trinajstić information content (AvgIpc) is 3.64. The number of esters is 2. The largest absolute Gasteiger partial charge is 0.508 e. The molecule has 0 amide bonds. The average molecular weight is 974 g/mol. The third-order valence-corrected chi connectivity index (χ3v) is 13.6. The van der Waals surface area contributed by atoms with Crippen LogP contribution in [0.2, 0.25) is 0 Å². The van der Waals surface area contributed by atoms with Crippen LogP contribution in [0.25, 0.3) is 0 Å². The minimum atomic E-state index is -1.02. The number of hydrogen-bond donors (Lipinski definition) is 7. The third-order valence-electron chi connectivity index (χ3n) is 13.6. The van der Waals surface area contributed by atoms with Crippen molar-refractivity contribution in [2.24, 2.45) is 0 Å². The number of benzene rings is 5. The van der Waals surface area contributed by atoms with E-state index in [9.17, 15) is 35.1 Å². The number of fused-ring (bicyclic) bond motifs is 2. The summed E-state index contributed by atoms with van der Waals surface area (Å²) < 4.78 is 22.7. The number of rotatable bonds is 13. The van der Waals surface area contributed by atoms with Gasteiger partial charge in [0, 0.05) is 38.0 Å². The van der Waals surface area contributed by atoms with Crippen LogP contribution in [0.3, 0.4) is 0 Å². The molecule has 0 aliphatic carbocycles. The monoisotopic (exact) mass is 974 g/mol. The second-order valence-electron chi connectivity index (χ2n) is 19.9. The highest BCUT2D eigenvalue weighted by Crippen LogP contribution is 2.44. The Morgan fingerprint density at radius 2 is 1.14 bits per heavy atom. The van der Waals surface area contributed by atoms with E-state index in [1.807, 2.05) is 118 Å². The highest BCUT2D eigenvalue weighted by molar-refractivity contribution is 5.95. The Balaban J connectivity index is 0.000000157. The van der Waals surface area contributed by atoms with Crippen LogP contribution >= 0.6 is 0 Å². The Hall–Kier alpha value is -5.84. The fraction of sp³-hybridized carbons (Fsp3) is 0.439. The minimum Gasteiger partial charge on any atom is -0.508 e. The Morgan fingerprint density at radius 1 is 0.648 bits per heavy atom. The van der Waals surface area contributed by atoms with Crippen LogP contribution < -0.4 is 20.1 Å². The molecule has 0 aromatic heterocycles. The van der Waals surface area contributed by atoms with Gasteiger partial charge in [0.05, 0.1) is 36.4 Å². The van der Waals surface area contributed by atoms with Crippen molar-refractivity contribution in [1.82, 2.24) is 15.5 Å². The Kier molecular flexibility index (Phi) is 17.9. The number of aromatic hydroxyl groups is 1. The molecule has 5 aromatic carbocycles. The van der Waals surface area contributed by atoms with Gasteiger partial charge < -0.3 is 60.0 Å². The fourth-order valence-electron chi connectivity index (χ4n) is 9.73. The molecule has 0 radical (unpaired) electrons. The number of phenols is 1. The summed E-state index contributed by atoms with van der Waals surface area (Å²) in [6.45, 7) is 11.4. The number of carbonyl (C=O) groups is 2. The number of aliphatic hydroxyl groups excluding tert-OH is 2. The maximum atomic E-state index is 12.3. The first-order valence-electron chi connectivity index (χ1n) is 24.8. The van der Waals surface area contributed by atoms with Crippen LogP contribution in [0.1, 0.15) is 115 Å². The fourth-order valence-corrected chi connectivity index (χ4v) is 9.73. The summed E-state index contributed by atoms with van der Waals surface area (Å²) in [5, 5.41) is 57.1. The summed E-state index contributed by atoms with van der Waals surface area (Å²) in [6.07, 6.45) is 4.33. The van der Waals surface area contributed by atoms with E-state index in [-0.39, 0.29) is 30.9 Å². The summed E-state index contributed by atoms with van der Waals surface area (Å²) in [5.74, 6) is 1.04. The maximum absolute atomic E-state index is 12.3. The van der Waals surface area contributed by atoms with Gasteiger partial charge in [-0.15, -0.1) is 0 Å². The van der Waals surface area contributed by atoms with Gasteiger partial charge in [0.2, 0.25) is 0 Å². The molecule has 3 fully saturated rings. The molecule has 380 valence electrons. The van der Waals surface area contributed by atoms with Crippen LogP contribution in [0.5, 0.6) is 17.2 Å². The zero-order valence-corrected chi connectivity index (χ0v) is 41.3. The number of phenolic OH excluding ortho intramolecular Hbond substituents is 1. The highest BCUT2D eigenvalue weighted by atomic mass is 16.6. The van der Waals surface area contributed by atoms with Crippen molar-refractivity contribution in [3.8, 4) is 17.2 Å². The predicted octanol–water partition coefficient (Wildman–Crippen LogP) is 7.24. The molecular weight excluding hydrogens is 903 g/mol. The molecule has 7 N–H and O–H groups in total. The number of likely N-dealkylation sites (tertiary alicyclic amines) is 1. The van der Waals surface area contributed by atoms with Crippen LogP contribution in [-0.2, 0) is 57.5 Å². The molecule has 9 rings (SSSR count). The standard InChI is InChI=1S/C19H29NO5.C19H19NO3.C19H23NO3/c1-18(2,3)25-17(23)6-9-20-10-7-19(24,8-11-20)16-5-4-15(22)12-14(16)13-21;21-18-16-12-15(22-13-14-4-2-1-3-5-14)6-7-17(16)19(23-18)8-10-20-11-9-19;21-13-16-12-17(23-14-15-4-2-1-3-5-15)6-7-18(16)19(22)8-10-20-11-9-19/h4-5,12,21-22,24H,6-11,13H2,1-3H3;1-7,12,20H,8-11,13H2;1-7,12,20-22H,8-11,13-14H2. The van der Waals surface area contributed by atoms with Gasteiger partial charge in [-0.3, -0.25) is 4.79 Å². The molecule has 0 bridgehead atoms. The molecule has 71 heavy (non-hydrogen) atoms. The molecule has 0 saturated carbocycles. The lowest BCUT2D eigenvalue weighted by atomic mass is 9.82. The van der Waals surface area contributed by atoms with Crippen molar-refractivity contribution in [1.29, 1.82) is 0 Å². The highest BCUT2D eigenvalue weighted by Gasteiger charge is 2.46. The van der Waals surface area contributed by atoms with E-state index in [0.717, 1.165) is 66.8 Å². The first-order valence-corrected chi connectivity index (χ1v) is 24.8. The predicted molar refractivity (Wildman–Crippen MR) is 270 cm³/mol. The zero-order valence-electron chi connectivity index (χ0n) is 41.3. The molecule has 3 saturated heterocycles. The van der Waals surface area contributed by atoms with Gasteiger partial charge in [0.25, 0.3) is 0 Å². The van der Waals surface area contributed by atoms with Crippen molar-refractivity contribution in [3.05, 3.63) is 160 Å². The topological polar surface area (TPSA) is 200 Å². The first-order chi connectivity index (χ1) is 34.1. The van der Waals surface area contributed by atoms with Gasteiger partial charge in [-0.25, -0.2) is 4.79 Å². The second-order valence-corrected chi connectivity index (χ2v) is 19.9. The van der Waals surface area contributed by atoms with E-state index < -0.39 is 22.4 Å². The summed E-state index contributed by atoms with van der Waals surface area (Å²) in [6, 6.07) is 36.0. The molecular formula is C57H71N3O11. The normalized spacial score (nSPS) is 17.9. The number of carbonyl (C=O) groups excluding carboxylic acids is 2. The maximum Gasteiger partial charge on any atom is 0.339 e. The SMILES string of the molecule is CC(C)(C)OC(=O)CCN1CCC(O)(c2ccc(O)cc2CO)CC1.O=C1OC2(CCNCC2)c2ccc(OCc3ccccc3)cc21.OCc1cc(OCc2ccccc2)ccc1C1(O)CCNCC1. The van der Waals surface area contributed by atoms with Crippen LogP contribution in [-0.4, -0.2) is 93.8 Å². The van der Waals surface area contributed by atoms with E-state index in [2.05, 4.69) is 15.5 Å². The van der Waals surface area contributed by atoms with E-state index in [1.54, 1.807) is 6.07 Å². The van der Waals surface area contributed by atoms with E-state index in [0.29, 0.717) is 93.1 Å². The van der Waals surface area contributed by atoms with E-state index in [4.69, 9.17) is 18.9 Å². The number of nitrogens with one attached hydrogen (secondary N) is 2. The number of ether oxygens (including phenoxy) is 4. The van der Waals surface area contributed by atoms with Crippen molar-refractivity contribution in [2.45, 2.75) is 115 Å². The van der Waals surface area contributed by atoms with Crippen LogP contribution in [0.4, 0.5) is 0 Å². The van der Waals surface area contributed by atoms with Gasteiger partial charge in [0.15, 0.2) is 0 Å². The molecule has 0 unspecified atom stereocenters. The molecule has 4 heterocycles. The van der Waals surface area contributed by atoms with Crippen molar-refractivity contribution in [2.75, 3.05) is 45.8 Å². The van der Waals surface area contributed by atoms with Crippen molar-refractivity contribution in [3.63, 3.8) is 0 Å². The Bertz CT molecular complexity index is 2510.